The van der Waals surface area contributed by atoms with Crippen molar-refractivity contribution in [3.05, 3.63) is 89.2 Å². The summed E-state index contributed by atoms with van der Waals surface area (Å²) >= 11 is 0. The molecule has 5 nitrogen and oxygen atoms in total. The van der Waals surface area contributed by atoms with Gasteiger partial charge in [0.1, 0.15) is 5.82 Å². The molecule has 3 aromatic rings. The van der Waals surface area contributed by atoms with Crippen LogP contribution in [0, 0.1) is 12.7 Å². The number of phenols is 1. The molecule has 1 amide bonds. The van der Waals surface area contributed by atoms with Crippen molar-refractivity contribution >= 4 is 11.6 Å². The summed E-state index contributed by atoms with van der Waals surface area (Å²) < 4.78 is 19.6. The number of likely N-dealkylation sites (tertiary alicyclic amines) is 1. The van der Waals surface area contributed by atoms with Crippen molar-refractivity contribution in [3.63, 3.8) is 0 Å². The molecule has 0 spiro atoms. The third-order valence-corrected chi connectivity index (χ3v) is 6.25. The molecular formula is C27H29FN2O3. The second-order valence-corrected chi connectivity index (χ2v) is 8.49. The molecule has 0 aromatic heterocycles. The van der Waals surface area contributed by atoms with Gasteiger partial charge in [-0.3, -0.25) is 9.69 Å². The van der Waals surface area contributed by atoms with E-state index in [-0.39, 0.29) is 23.5 Å². The monoisotopic (exact) mass is 448 g/mol. The Morgan fingerprint density at radius 1 is 1.09 bits per heavy atom. The number of nitrogens with zero attached hydrogens (tertiary/aromatic N) is 2. The fraction of sp³-hybridized carbons (Fsp3) is 0.296. The maximum absolute atomic E-state index is 14.4. The average Bonchev–Trinajstić information content (AvgIpc) is 2.84. The Bertz CT molecular complexity index is 1110. The fourth-order valence-electron chi connectivity index (χ4n) is 4.36. The van der Waals surface area contributed by atoms with E-state index in [1.807, 2.05) is 36.4 Å². The Labute approximate surface area is 194 Å². The van der Waals surface area contributed by atoms with Crippen LogP contribution < -0.4 is 9.64 Å². The molecular weight excluding hydrogens is 419 g/mol. The molecule has 0 saturated carbocycles. The van der Waals surface area contributed by atoms with Crippen LogP contribution in [-0.4, -0.2) is 42.2 Å². The molecule has 1 N–H and O–H groups in total. The van der Waals surface area contributed by atoms with E-state index >= 15 is 0 Å². The summed E-state index contributed by atoms with van der Waals surface area (Å²) in [6, 6.07) is 19.5. The summed E-state index contributed by atoms with van der Waals surface area (Å²) in [5.41, 5.74) is 2.80. The van der Waals surface area contributed by atoms with Crippen LogP contribution in [-0.2, 0) is 6.54 Å². The van der Waals surface area contributed by atoms with Gasteiger partial charge in [0, 0.05) is 36.9 Å². The van der Waals surface area contributed by atoms with E-state index in [4.69, 9.17) is 4.74 Å². The van der Waals surface area contributed by atoms with Crippen LogP contribution in [0.4, 0.5) is 10.1 Å². The summed E-state index contributed by atoms with van der Waals surface area (Å²) in [4.78, 5) is 17.6. The number of amides is 1. The van der Waals surface area contributed by atoms with Crippen molar-refractivity contribution in [2.75, 3.05) is 25.1 Å². The van der Waals surface area contributed by atoms with Gasteiger partial charge in [0.2, 0.25) is 0 Å². The van der Waals surface area contributed by atoms with Gasteiger partial charge < -0.3 is 14.7 Å². The number of hydrogen-bond acceptors (Lipinski definition) is 4. The van der Waals surface area contributed by atoms with Crippen LogP contribution in [0.25, 0.3) is 0 Å². The van der Waals surface area contributed by atoms with Gasteiger partial charge in [-0.15, -0.1) is 0 Å². The van der Waals surface area contributed by atoms with E-state index < -0.39 is 0 Å². The summed E-state index contributed by atoms with van der Waals surface area (Å²) in [6.45, 7) is 4.07. The quantitative estimate of drug-likeness (QED) is 0.566. The molecule has 3 aromatic carbocycles. The van der Waals surface area contributed by atoms with Crippen molar-refractivity contribution in [2.24, 2.45) is 0 Å². The summed E-state index contributed by atoms with van der Waals surface area (Å²) in [6.07, 6.45) is 1.56. The Morgan fingerprint density at radius 3 is 2.48 bits per heavy atom. The first-order chi connectivity index (χ1) is 16.0. The van der Waals surface area contributed by atoms with Crippen molar-refractivity contribution in [1.82, 2.24) is 4.90 Å². The molecule has 0 unspecified atom stereocenters. The molecule has 0 bridgehead atoms. The van der Waals surface area contributed by atoms with Crippen LogP contribution >= 0.6 is 0 Å². The Morgan fingerprint density at radius 2 is 1.82 bits per heavy atom. The summed E-state index contributed by atoms with van der Waals surface area (Å²) in [5, 5.41) is 9.82. The number of benzene rings is 3. The van der Waals surface area contributed by atoms with Gasteiger partial charge in [0.05, 0.1) is 7.11 Å². The Kier molecular flexibility index (Phi) is 6.94. The van der Waals surface area contributed by atoms with E-state index in [1.54, 1.807) is 36.1 Å². The van der Waals surface area contributed by atoms with E-state index in [9.17, 15) is 14.3 Å². The minimum atomic E-state index is -0.308. The first-order valence-electron chi connectivity index (χ1n) is 11.2. The zero-order valence-electron chi connectivity index (χ0n) is 19.0. The predicted molar refractivity (Wildman–Crippen MR) is 127 cm³/mol. The molecule has 6 heteroatoms. The molecule has 1 saturated heterocycles. The predicted octanol–water partition coefficient (Wildman–Crippen LogP) is 5.16. The van der Waals surface area contributed by atoms with E-state index in [0.29, 0.717) is 22.6 Å². The highest BCUT2D eigenvalue weighted by molar-refractivity contribution is 6.06. The number of carbonyl (C=O) groups is 1. The molecule has 33 heavy (non-hydrogen) atoms. The first-order valence-corrected chi connectivity index (χ1v) is 11.2. The number of carbonyl (C=O) groups excluding carboxylic acids is 1. The van der Waals surface area contributed by atoms with Gasteiger partial charge >= 0.3 is 0 Å². The number of aryl methyl sites for hydroxylation is 1. The molecule has 172 valence electrons. The molecule has 4 rings (SSSR count). The first kappa shape index (κ1) is 22.8. The smallest absolute Gasteiger partial charge is 0.258 e. The molecule has 1 fully saturated rings. The lowest BCUT2D eigenvalue weighted by Gasteiger charge is -2.38. The van der Waals surface area contributed by atoms with Crippen molar-refractivity contribution < 1.29 is 19.0 Å². The molecule has 0 radical (unpaired) electrons. The van der Waals surface area contributed by atoms with Crippen LogP contribution in [0.15, 0.2) is 66.7 Å². The van der Waals surface area contributed by atoms with Gasteiger partial charge in [-0.2, -0.15) is 0 Å². The number of phenolic OH excluding ortho intramolecular Hbond substituents is 1. The van der Waals surface area contributed by atoms with Crippen molar-refractivity contribution in [3.8, 4) is 11.5 Å². The summed E-state index contributed by atoms with van der Waals surface area (Å²) in [7, 11) is 1.54. The fourth-order valence-corrected chi connectivity index (χ4v) is 4.36. The normalized spacial score (nSPS) is 14.8. The minimum Gasteiger partial charge on any atom is -0.504 e. The van der Waals surface area contributed by atoms with E-state index in [0.717, 1.165) is 38.0 Å². The van der Waals surface area contributed by atoms with Crippen molar-refractivity contribution in [1.29, 1.82) is 0 Å². The van der Waals surface area contributed by atoms with Gasteiger partial charge in [-0.1, -0.05) is 30.3 Å². The lowest BCUT2D eigenvalue weighted by Crippen LogP contribution is -2.47. The zero-order chi connectivity index (χ0) is 23.4. The topological polar surface area (TPSA) is 53.0 Å². The van der Waals surface area contributed by atoms with Crippen molar-refractivity contribution in [2.45, 2.75) is 32.4 Å². The van der Waals surface area contributed by atoms with Gasteiger partial charge in [-0.05, 0) is 67.3 Å². The Balaban J connectivity index is 1.51. The number of hydrogen-bond donors (Lipinski definition) is 1. The number of aromatic hydroxyl groups is 1. The molecule has 0 atom stereocenters. The SMILES string of the molecule is COc1cc(CN2CCC(N(C(=O)c3ccccc3)c3ccc(C)c(F)c3)CC2)ccc1O. The molecule has 1 aliphatic heterocycles. The number of ether oxygens (including phenoxy) is 1. The van der Waals surface area contributed by atoms with E-state index in [1.165, 1.54) is 13.2 Å². The van der Waals surface area contributed by atoms with Gasteiger partial charge in [0.25, 0.3) is 5.91 Å². The number of rotatable bonds is 6. The number of anilines is 1. The van der Waals surface area contributed by atoms with E-state index in [2.05, 4.69) is 4.90 Å². The number of piperidine rings is 1. The molecule has 0 aliphatic carbocycles. The number of halogens is 1. The highest BCUT2D eigenvalue weighted by atomic mass is 19.1. The highest BCUT2D eigenvalue weighted by Gasteiger charge is 2.30. The largest absolute Gasteiger partial charge is 0.504 e. The lowest BCUT2D eigenvalue weighted by atomic mass is 9.99. The second-order valence-electron chi connectivity index (χ2n) is 8.49. The van der Waals surface area contributed by atoms with Crippen LogP contribution in [0.2, 0.25) is 0 Å². The third kappa shape index (κ3) is 5.17. The van der Waals surface area contributed by atoms with Crippen LogP contribution in [0.5, 0.6) is 11.5 Å². The van der Waals surface area contributed by atoms with Crippen LogP contribution in [0.1, 0.15) is 34.3 Å². The zero-order valence-corrected chi connectivity index (χ0v) is 19.0. The maximum atomic E-state index is 14.4. The maximum Gasteiger partial charge on any atom is 0.258 e. The summed E-state index contributed by atoms with van der Waals surface area (Å²) in [5.74, 6) is 0.168. The van der Waals surface area contributed by atoms with Gasteiger partial charge in [0.15, 0.2) is 11.5 Å². The van der Waals surface area contributed by atoms with Crippen LogP contribution in [0.3, 0.4) is 0 Å². The Hall–Kier alpha value is -3.38. The lowest BCUT2D eigenvalue weighted by molar-refractivity contribution is 0.0958. The standard InChI is InChI=1S/C27H29FN2O3/c1-19-8-10-23(17-24(19)28)30(27(32)21-6-4-3-5-7-21)22-12-14-29(15-13-22)18-20-9-11-25(31)26(16-20)33-2/h3-11,16-17,22,31H,12-15,18H2,1-2H3. The highest BCUT2D eigenvalue weighted by Crippen LogP contribution is 2.30. The molecule has 1 heterocycles. The second kappa shape index (κ2) is 10.0. The third-order valence-electron chi connectivity index (χ3n) is 6.25. The minimum absolute atomic E-state index is 0.0228. The molecule has 1 aliphatic rings. The van der Waals surface area contributed by atoms with Gasteiger partial charge in [-0.25, -0.2) is 4.39 Å². The number of methoxy groups -OCH3 is 1. The average molecular weight is 449 g/mol.